The molecule has 162 valence electrons. The summed E-state index contributed by atoms with van der Waals surface area (Å²) in [6.45, 7) is 8.01. The molecule has 1 N–H and O–H groups in total. The predicted molar refractivity (Wildman–Crippen MR) is 121 cm³/mol. The molecule has 2 aromatic carbocycles. The Kier molecular flexibility index (Phi) is 9.00. The van der Waals surface area contributed by atoms with Crippen molar-refractivity contribution in [2.75, 3.05) is 13.2 Å². The zero-order valence-corrected chi connectivity index (χ0v) is 19.3. The van der Waals surface area contributed by atoms with Crippen molar-refractivity contribution >= 4 is 35.0 Å². The number of hydrogen-bond donors (Lipinski definition) is 1. The fourth-order valence-electron chi connectivity index (χ4n) is 3.01. The van der Waals surface area contributed by atoms with Gasteiger partial charge in [-0.3, -0.25) is 9.59 Å². The standard InChI is InChI=1S/C23H28Cl2N2O3/c1-5-10-26-23(29)17(4)27(13-18-8-6-7-9-20(18)24)21(28)14-30-19-11-15(2)22(25)16(3)12-19/h6-9,11-12,17H,5,10,13-14H2,1-4H3,(H,26,29). The van der Waals surface area contributed by atoms with Gasteiger partial charge in [0.15, 0.2) is 6.61 Å². The summed E-state index contributed by atoms with van der Waals surface area (Å²) in [6.07, 6.45) is 0.815. The molecule has 30 heavy (non-hydrogen) atoms. The van der Waals surface area contributed by atoms with Gasteiger partial charge in [0.2, 0.25) is 5.91 Å². The van der Waals surface area contributed by atoms with Gasteiger partial charge in [0, 0.05) is 23.1 Å². The van der Waals surface area contributed by atoms with Crippen LogP contribution in [0, 0.1) is 13.8 Å². The molecule has 0 saturated heterocycles. The minimum Gasteiger partial charge on any atom is -0.484 e. The highest BCUT2D eigenvalue weighted by Gasteiger charge is 2.27. The Bertz CT molecular complexity index is 879. The molecule has 0 saturated carbocycles. The second-order valence-electron chi connectivity index (χ2n) is 7.24. The molecule has 2 rings (SSSR count). The summed E-state index contributed by atoms with van der Waals surface area (Å²) in [7, 11) is 0. The lowest BCUT2D eigenvalue weighted by atomic mass is 10.1. The normalized spacial score (nSPS) is 11.7. The second-order valence-corrected chi connectivity index (χ2v) is 8.02. The van der Waals surface area contributed by atoms with Crippen LogP contribution in [-0.2, 0) is 16.1 Å². The maximum atomic E-state index is 13.0. The Balaban J connectivity index is 2.18. The number of amides is 2. The van der Waals surface area contributed by atoms with E-state index >= 15 is 0 Å². The topological polar surface area (TPSA) is 58.6 Å². The molecule has 0 aliphatic carbocycles. The first kappa shape index (κ1) is 24.0. The van der Waals surface area contributed by atoms with Crippen LogP contribution >= 0.6 is 23.2 Å². The van der Waals surface area contributed by atoms with Crippen molar-refractivity contribution < 1.29 is 14.3 Å². The van der Waals surface area contributed by atoms with Crippen LogP contribution in [0.25, 0.3) is 0 Å². The van der Waals surface area contributed by atoms with Gasteiger partial charge in [-0.05, 0) is 62.1 Å². The number of benzene rings is 2. The van der Waals surface area contributed by atoms with Gasteiger partial charge in [-0.2, -0.15) is 0 Å². The van der Waals surface area contributed by atoms with Crippen LogP contribution in [-0.4, -0.2) is 35.9 Å². The van der Waals surface area contributed by atoms with Crippen LogP contribution in [0.5, 0.6) is 5.75 Å². The minimum absolute atomic E-state index is 0.198. The summed E-state index contributed by atoms with van der Waals surface area (Å²) in [5.74, 6) is 0.0401. The van der Waals surface area contributed by atoms with E-state index in [1.54, 1.807) is 25.1 Å². The van der Waals surface area contributed by atoms with Crippen molar-refractivity contribution in [3.05, 3.63) is 63.1 Å². The zero-order valence-electron chi connectivity index (χ0n) is 17.8. The summed E-state index contributed by atoms with van der Waals surface area (Å²) in [4.78, 5) is 27.1. The van der Waals surface area contributed by atoms with Gasteiger partial charge >= 0.3 is 0 Å². The zero-order chi connectivity index (χ0) is 22.3. The molecule has 0 fully saturated rings. The van der Waals surface area contributed by atoms with Crippen LogP contribution in [0.1, 0.15) is 37.0 Å². The molecule has 0 aliphatic heterocycles. The Labute approximate surface area is 188 Å². The molecule has 5 nitrogen and oxygen atoms in total. The maximum Gasteiger partial charge on any atom is 0.261 e. The average molecular weight is 451 g/mol. The van der Waals surface area contributed by atoms with Crippen LogP contribution in [0.2, 0.25) is 10.0 Å². The Morgan fingerprint density at radius 1 is 1.13 bits per heavy atom. The van der Waals surface area contributed by atoms with E-state index in [1.165, 1.54) is 4.90 Å². The summed E-state index contributed by atoms with van der Waals surface area (Å²) < 4.78 is 5.73. The number of carbonyl (C=O) groups is 2. The number of nitrogens with one attached hydrogen (secondary N) is 1. The van der Waals surface area contributed by atoms with Crippen LogP contribution in [0.4, 0.5) is 0 Å². The molecule has 1 atom stereocenters. The highest BCUT2D eigenvalue weighted by Crippen LogP contribution is 2.26. The van der Waals surface area contributed by atoms with Gasteiger partial charge in [-0.15, -0.1) is 0 Å². The van der Waals surface area contributed by atoms with Gasteiger partial charge in [0.05, 0.1) is 0 Å². The SMILES string of the molecule is CCCNC(=O)C(C)N(Cc1ccccc1Cl)C(=O)COc1cc(C)c(Cl)c(C)c1. The Morgan fingerprint density at radius 3 is 2.37 bits per heavy atom. The molecule has 0 bridgehead atoms. The van der Waals surface area contributed by atoms with Gasteiger partial charge in [-0.25, -0.2) is 0 Å². The van der Waals surface area contributed by atoms with E-state index in [2.05, 4.69) is 5.32 Å². The van der Waals surface area contributed by atoms with Crippen molar-refractivity contribution in [2.45, 2.75) is 46.7 Å². The molecular weight excluding hydrogens is 423 g/mol. The molecule has 0 radical (unpaired) electrons. The number of ether oxygens (including phenoxy) is 1. The molecule has 2 aromatic rings. The largest absolute Gasteiger partial charge is 0.484 e. The third-order valence-electron chi connectivity index (χ3n) is 4.79. The molecular formula is C23H28Cl2N2O3. The summed E-state index contributed by atoms with van der Waals surface area (Å²) >= 11 is 12.5. The monoisotopic (exact) mass is 450 g/mol. The van der Waals surface area contributed by atoms with Gasteiger partial charge in [0.1, 0.15) is 11.8 Å². The first-order valence-corrected chi connectivity index (χ1v) is 10.7. The van der Waals surface area contributed by atoms with Crippen molar-refractivity contribution in [1.29, 1.82) is 0 Å². The third kappa shape index (κ3) is 6.38. The van der Waals surface area contributed by atoms with Gasteiger partial charge in [-0.1, -0.05) is 48.3 Å². The molecule has 0 aliphatic rings. The number of nitrogens with zero attached hydrogens (tertiary/aromatic N) is 1. The average Bonchev–Trinajstić information content (AvgIpc) is 2.72. The first-order valence-electron chi connectivity index (χ1n) is 9.94. The maximum absolute atomic E-state index is 13.0. The van der Waals surface area contributed by atoms with E-state index < -0.39 is 6.04 Å². The highest BCUT2D eigenvalue weighted by molar-refractivity contribution is 6.32. The summed E-state index contributed by atoms with van der Waals surface area (Å²) in [6, 6.07) is 10.2. The van der Waals surface area contributed by atoms with Crippen LogP contribution in [0.3, 0.4) is 0 Å². The van der Waals surface area contributed by atoms with E-state index in [4.69, 9.17) is 27.9 Å². The highest BCUT2D eigenvalue weighted by atomic mass is 35.5. The van der Waals surface area contributed by atoms with E-state index in [-0.39, 0.29) is 25.0 Å². The number of halogens is 2. The van der Waals surface area contributed by atoms with E-state index in [9.17, 15) is 9.59 Å². The number of carbonyl (C=O) groups excluding carboxylic acids is 2. The van der Waals surface area contributed by atoms with Crippen molar-refractivity contribution in [1.82, 2.24) is 10.2 Å². The van der Waals surface area contributed by atoms with Crippen molar-refractivity contribution in [3.8, 4) is 5.75 Å². The molecule has 0 aromatic heterocycles. The molecule has 1 unspecified atom stereocenters. The summed E-state index contributed by atoms with van der Waals surface area (Å²) in [5, 5.41) is 4.06. The lowest BCUT2D eigenvalue weighted by Gasteiger charge is -2.29. The van der Waals surface area contributed by atoms with Gasteiger partial charge < -0.3 is 15.0 Å². The van der Waals surface area contributed by atoms with E-state index in [0.29, 0.717) is 22.3 Å². The molecule has 0 spiro atoms. The Hall–Kier alpha value is -2.24. The quantitative estimate of drug-likeness (QED) is 0.588. The van der Waals surface area contributed by atoms with Crippen molar-refractivity contribution in [2.24, 2.45) is 0 Å². The smallest absolute Gasteiger partial charge is 0.261 e. The fraction of sp³-hybridized carbons (Fsp3) is 0.391. The number of aryl methyl sites for hydroxylation is 2. The lowest BCUT2D eigenvalue weighted by Crippen LogP contribution is -2.49. The fourth-order valence-corrected chi connectivity index (χ4v) is 3.31. The molecule has 7 heteroatoms. The predicted octanol–water partition coefficient (Wildman–Crippen LogP) is 4.93. The molecule has 0 heterocycles. The van der Waals surface area contributed by atoms with Crippen LogP contribution in [0.15, 0.2) is 36.4 Å². The summed E-state index contributed by atoms with van der Waals surface area (Å²) in [5.41, 5.74) is 2.51. The Morgan fingerprint density at radius 2 is 1.77 bits per heavy atom. The van der Waals surface area contributed by atoms with Crippen LogP contribution < -0.4 is 10.1 Å². The van der Waals surface area contributed by atoms with Crippen molar-refractivity contribution in [3.63, 3.8) is 0 Å². The number of rotatable bonds is 9. The van der Waals surface area contributed by atoms with E-state index in [0.717, 1.165) is 23.1 Å². The van der Waals surface area contributed by atoms with Gasteiger partial charge in [0.25, 0.3) is 5.91 Å². The lowest BCUT2D eigenvalue weighted by molar-refractivity contribution is -0.142. The molecule has 2 amide bonds. The number of hydrogen-bond acceptors (Lipinski definition) is 3. The minimum atomic E-state index is -0.669. The second kappa shape index (κ2) is 11.2. The first-order chi connectivity index (χ1) is 14.2. The van der Waals surface area contributed by atoms with E-state index in [1.807, 2.05) is 39.0 Å². The third-order valence-corrected chi connectivity index (χ3v) is 5.75.